The first-order valence-electron chi connectivity index (χ1n) is 6.05. The van der Waals surface area contributed by atoms with Gasteiger partial charge in [0.1, 0.15) is 0 Å². The van der Waals surface area contributed by atoms with Gasteiger partial charge in [-0.1, -0.05) is 26.2 Å². The zero-order valence-corrected chi connectivity index (χ0v) is 10.5. The average molecular weight is 238 g/mol. The second-order valence-electron chi connectivity index (χ2n) is 4.31. The molecule has 0 aromatic carbocycles. The van der Waals surface area contributed by atoms with E-state index in [2.05, 4.69) is 15.7 Å². The summed E-state index contributed by atoms with van der Waals surface area (Å²) in [4.78, 5) is 15.7. The van der Waals surface area contributed by atoms with Crippen molar-refractivity contribution in [3.8, 4) is 0 Å². The maximum absolute atomic E-state index is 11.2. The number of rotatable bonds is 3. The summed E-state index contributed by atoms with van der Waals surface area (Å²) >= 11 is 1.54. The summed E-state index contributed by atoms with van der Waals surface area (Å²) in [6.45, 7) is 1.85. The molecule has 0 spiro atoms. The molecule has 16 heavy (non-hydrogen) atoms. The molecule has 0 atom stereocenters. The molecule has 1 fully saturated rings. The van der Waals surface area contributed by atoms with Crippen LogP contribution in [0, 0.1) is 0 Å². The summed E-state index contributed by atoms with van der Waals surface area (Å²) in [5, 5.41) is 5.67. The Kier molecular flexibility index (Phi) is 3.93. The number of anilines is 1. The highest BCUT2D eigenvalue weighted by Crippen LogP contribution is 2.33. The van der Waals surface area contributed by atoms with Gasteiger partial charge in [0.05, 0.1) is 5.69 Å². The van der Waals surface area contributed by atoms with Crippen molar-refractivity contribution in [3.63, 3.8) is 0 Å². The standard InChI is InChI=1S/C12H18N2OS/c1-2-11(15)14-12-13-10(8-16-12)9-6-4-3-5-7-9/h8-9H,2-7H2,1H3,(H,13,14,15). The van der Waals surface area contributed by atoms with Crippen LogP contribution in [0.25, 0.3) is 0 Å². The van der Waals surface area contributed by atoms with Gasteiger partial charge in [0.2, 0.25) is 5.91 Å². The first-order chi connectivity index (χ1) is 7.79. The number of nitrogens with one attached hydrogen (secondary N) is 1. The minimum Gasteiger partial charge on any atom is -0.302 e. The SMILES string of the molecule is CCC(=O)Nc1nc(C2CCCCC2)cs1. The third kappa shape index (κ3) is 2.82. The molecule has 3 nitrogen and oxygen atoms in total. The van der Waals surface area contributed by atoms with Gasteiger partial charge in [0, 0.05) is 17.7 Å². The molecule has 4 heteroatoms. The Hall–Kier alpha value is -0.900. The van der Waals surface area contributed by atoms with Crippen molar-refractivity contribution in [2.24, 2.45) is 0 Å². The van der Waals surface area contributed by atoms with Crippen LogP contribution in [-0.4, -0.2) is 10.9 Å². The number of hydrogen-bond donors (Lipinski definition) is 1. The van der Waals surface area contributed by atoms with E-state index in [-0.39, 0.29) is 5.91 Å². The largest absolute Gasteiger partial charge is 0.302 e. The van der Waals surface area contributed by atoms with E-state index in [1.807, 2.05) is 6.92 Å². The highest BCUT2D eigenvalue weighted by atomic mass is 32.1. The topological polar surface area (TPSA) is 42.0 Å². The lowest BCUT2D eigenvalue weighted by Gasteiger charge is -2.19. The van der Waals surface area contributed by atoms with E-state index >= 15 is 0 Å². The van der Waals surface area contributed by atoms with Crippen molar-refractivity contribution in [2.75, 3.05) is 5.32 Å². The van der Waals surface area contributed by atoms with Crippen LogP contribution in [0.3, 0.4) is 0 Å². The van der Waals surface area contributed by atoms with Crippen molar-refractivity contribution >= 4 is 22.4 Å². The van der Waals surface area contributed by atoms with Crippen LogP contribution in [0.5, 0.6) is 0 Å². The van der Waals surface area contributed by atoms with Gasteiger partial charge in [-0.3, -0.25) is 4.79 Å². The Morgan fingerprint density at radius 3 is 2.94 bits per heavy atom. The van der Waals surface area contributed by atoms with Crippen LogP contribution in [-0.2, 0) is 4.79 Å². The molecule has 0 bridgehead atoms. The lowest BCUT2D eigenvalue weighted by Crippen LogP contribution is -2.10. The molecule has 1 aromatic heterocycles. The van der Waals surface area contributed by atoms with Gasteiger partial charge >= 0.3 is 0 Å². The lowest BCUT2D eigenvalue weighted by atomic mass is 9.87. The minimum absolute atomic E-state index is 0.0459. The Balaban J connectivity index is 1.98. The summed E-state index contributed by atoms with van der Waals surface area (Å²) in [5.41, 5.74) is 1.18. The fourth-order valence-electron chi connectivity index (χ4n) is 2.14. The fourth-order valence-corrected chi connectivity index (χ4v) is 2.95. The van der Waals surface area contributed by atoms with Gasteiger partial charge in [-0.05, 0) is 12.8 Å². The molecular weight excluding hydrogens is 220 g/mol. The highest BCUT2D eigenvalue weighted by Gasteiger charge is 2.18. The Bertz CT molecular complexity index is 356. The second-order valence-corrected chi connectivity index (χ2v) is 5.17. The lowest BCUT2D eigenvalue weighted by molar-refractivity contribution is -0.115. The predicted octanol–water partition coefficient (Wildman–Crippen LogP) is 3.54. The van der Waals surface area contributed by atoms with E-state index in [9.17, 15) is 4.79 Å². The first kappa shape index (κ1) is 11.6. The smallest absolute Gasteiger partial charge is 0.225 e. The quantitative estimate of drug-likeness (QED) is 0.875. The zero-order chi connectivity index (χ0) is 11.4. The summed E-state index contributed by atoms with van der Waals surface area (Å²) in [6, 6.07) is 0. The normalized spacial score (nSPS) is 17.3. The van der Waals surface area contributed by atoms with Crippen LogP contribution in [0.1, 0.15) is 57.1 Å². The van der Waals surface area contributed by atoms with E-state index in [1.54, 1.807) is 11.3 Å². The first-order valence-corrected chi connectivity index (χ1v) is 6.93. The predicted molar refractivity (Wildman–Crippen MR) is 66.9 cm³/mol. The third-order valence-corrected chi connectivity index (χ3v) is 3.89. The van der Waals surface area contributed by atoms with Crippen molar-refractivity contribution in [1.82, 2.24) is 4.98 Å². The molecular formula is C12H18N2OS. The van der Waals surface area contributed by atoms with Crippen molar-refractivity contribution in [1.29, 1.82) is 0 Å². The van der Waals surface area contributed by atoms with Gasteiger partial charge in [-0.15, -0.1) is 11.3 Å². The van der Waals surface area contributed by atoms with Crippen molar-refractivity contribution in [3.05, 3.63) is 11.1 Å². The third-order valence-electron chi connectivity index (χ3n) is 3.11. The summed E-state index contributed by atoms with van der Waals surface area (Å²) in [7, 11) is 0. The fraction of sp³-hybridized carbons (Fsp3) is 0.667. The van der Waals surface area contributed by atoms with E-state index < -0.39 is 0 Å². The molecule has 0 saturated heterocycles. The van der Waals surface area contributed by atoms with E-state index in [1.165, 1.54) is 37.8 Å². The zero-order valence-electron chi connectivity index (χ0n) is 9.66. The van der Waals surface area contributed by atoms with Gasteiger partial charge < -0.3 is 5.32 Å². The number of carbonyl (C=O) groups excluding carboxylic acids is 1. The van der Waals surface area contributed by atoms with E-state index in [0.717, 1.165) is 5.13 Å². The van der Waals surface area contributed by atoms with Gasteiger partial charge in [0.15, 0.2) is 5.13 Å². The molecule has 1 aliphatic rings. The molecule has 0 radical (unpaired) electrons. The Morgan fingerprint density at radius 2 is 2.25 bits per heavy atom. The Morgan fingerprint density at radius 1 is 1.50 bits per heavy atom. The number of nitrogens with zero attached hydrogens (tertiary/aromatic N) is 1. The molecule has 1 N–H and O–H groups in total. The summed E-state index contributed by atoms with van der Waals surface area (Å²) in [6.07, 6.45) is 7.02. The van der Waals surface area contributed by atoms with Gasteiger partial charge in [-0.2, -0.15) is 0 Å². The highest BCUT2D eigenvalue weighted by molar-refractivity contribution is 7.13. The van der Waals surface area contributed by atoms with Crippen molar-refractivity contribution in [2.45, 2.75) is 51.4 Å². The van der Waals surface area contributed by atoms with Gasteiger partial charge in [0.25, 0.3) is 0 Å². The number of aromatic nitrogens is 1. The molecule has 1 aliphatic carbocycles. The number of hydrogen-bond acceptors (Lipinski definition) is 3. The van der Waals surface area contributed by atoms with E-state index in [0.29, 0.717) is 12.3 Å². The van der Waals surface area contributed by atoms with Crippen LogP contribution in [0.4, 0.5) is 5.13 Å². The second kappa shape index (κ2) is 5.43. The van der Waals surface area contributed by atoms with Gasteiger partial charge in [-0.25, -0.2) is 4.98 Å². The number of amides is 1. The maximum Gasteiger partial charge on any atom is 0.225 e. The van der Waals surface area contributed by atoms with Crippen LogP contribution in [0.2, 0.25) is 0 Å². The molecule has 1 heterocycles. The molecule has 0 unspecified atom stereocenters. The molecule has 1 saturated carbocycles. The Labute approximate surface area is 100 Å². The van der Waals surface area contributed by atoms with Crippen molar-refractivity contribution < 1.29 is 4.79 Å². The number of carbonyl (C=O) groups is 1. The molecule has 88 valence electrons. The molecule has 1 aromatic rings. The molecule has 1 amide bonds. The minimum atomic E-state index is 0.0459. The summed E-state index contributed by atoms with van der Waals surface area (Å²) in [5.74, 6) is 0.668. The van der Waals surface area contributed by atoms with Crippen LogP contribution < -0.4 is 5.32 Å². The molecule has 2 rings (SSSR count). The average Bonchev–Trinajstić information content (AvgIpc) is 2.78. The van der Waals surface area contributed by atoms with E-state index in [4.69, 9.17) is 0 Å². The number of thiazole rings is 1. The monoisotopic (exact) mass is 238 g/mol. The maximum atomic E-state index is 11.2. The summed E-state index contributed by atoms with van der Waals surface area (Å²) < 4.78 is 0. The van der Waals surface area contributed by atoms with Crippen LogP contribution >= 0.6 is 11.3 Å². The van der Waals surface area contributed by atoms with Crippen LogP contribution in [0.15, 0.2) is 5.38 Å². The molecule has 0 aliphatic heterocycles.